The first kappa shape index (κ1) is 28.0. The molecule has 0 heterocycles. The van der Waals surface area contributed by atoms with Gasteiger partial charge in [-0.05, 0) is 58.4 Å². The lowest BCUT2D eigenvalue weighted by Gasteiger charge is -2.20. The molecule has 0 saturated heterocycles. The molecule has 2 aromatic carbocycles. The maximum Gasteiger partial charge on any atom is 0.309 e. The van der Waals surface area contributed by atoms with Crippen LogP contribution >= 0.6 is 0 Å². The van der Waals surface area contributed by atoms with Crippen LogP contribution in [0, 0.1) is 5.41 Å². The molecule has 0 aliphatic rings. The Labute approximate surface area is 210 Å². The smallest absolute Gasteiger partial charge is 0.309 e. The zero-order valence-electron chi connectivity index (χ0n) is 20.7. The summed E-state index contributed by atoms with van der Waals surface area (Å²) in [4.78, 5) is 21.9. The van der Waals surface area contributed by atoms with Gasteiger partial charge in [-0.15, -0.1) is 0 Å². The van der Waals surface area contributed by atoms with Gasteiger partial charge in [-0.1, -0.05) is 36.5 Å². The average molecular weight is 497 g/mol. The first-order valence-corrected chi connectivity index (χ1v) is 11.2. The van der Waals surface area contributed by atoms with Crippen molar-refractivity contribution in [2.45, 2.75) is 46.1 Å². The summed E-state index contributed by atoms with van der Waals surface area (Å²) in [6.45, 7) is 7.01. The van der Waals surface area contributed by atoms with Crippen LogP contribution in [-0.2, 0) is 14.3 Å². The Kier molecular flexibility index (Phi) is 8.95. The van der Waals surface area contributed by atoms with Gasteiger partial charge in [0.05, 0.1) is 5.41 Å². The number of carbonyl (C=O) groups excluding carboxylic acids is 1. The number of aromatic hydroxyl groups is 4. The maximum absolute atomic E-state index is 11.3. The molecule has 0 bridgehead atoms. The number of hydrogen-bond donors (Lipinski definition) is 5. The van der Waals surface area contributed by atoms with Gasteiger partial charge >= 0.3 is 5.97 Å². The van der Waals surface area contributed by atoms with Crippen LogP contribution in [0.3, 0.4) is 0 Å². The molecule has 0 saturated carbocycles. The quantitative estimate of drug-likeness (QED) is 0.155. The summed E-state index contributed by atoms with van der Waals surface area (Å²) in [6, 6.07) is 5.41. The fourth-order valence-corrected chi connectivity index (χ4v) is 3.23. The van der Waals surface area contributed by atoms with E-state index in [9.17, 15) is 35.1 Å². The zero-order chi connectivity index (χ0) is 27.1. The van der Waals surface area contributed by atoms with Crippen LogP contribution < -0.4 is 0 Å². The summed E-state index contributed by atoms with van der Waals surface area (Å²) in [7, 11) is 0. The van der Waals surface area contributed by atoms with Crippen molar-refractivity contribution in [3.8, 4) is 23.0 Å². The molecule has 192 valence electrons. The molecule has 0 fully saturated rings. The van der Waals surface area contributed by atoms with Gasteiger partial charge in [0.15, 0.2) is 0 Å². The predicted molar refractivity (Wildman–Crippen MR) is 138 cm³/mol. The van der Waals surface area contributed by atoms with Crippen LogP contribution in [-0.4, -0.2) is 43.6 Å². The molecule has 5 N–H and O–H groups in total. The Hall–Kier alpha value is -4.20. The number of benzene rings is 2. The number of phenols is 4. The Morgan fingerprint density at radius 2 is 1.14 bits per heavy atom. The third-order valence-electron chi connectivity index (χ3n) is 5.53. The van der Waals surface area contributed by atoms with Gasteiger partial charge in [-0.3, -0.25) is 9.59 Å². The largest absolute Gasteiger partial charge is 0.508 e. The number of phenolic OH excluding ortho intramolecular Hbond substituents is 4. The summed E-state index contributed by atoms with van der Waals surface area (Å²) < 4.78 is 4.98. The van der Waals surface area contributed by atoms with Gasteiger partial charge in [-0.2, -0.15) is 0 Å². The minimum absolute atomic E-state index is 0.0969. The number of carbonyl (C=O) groups is 2. The molecule has 0 unspecified atom stereocenters. The highest BCUT2D eigenvalue weighted by molar-refractivity contribution is 5.80. The summed E-state index contributed by atoms with van der Waals surface area (Å²) in [6.07, 6.45) is 9.97. The van der Waals surface area contributed by atoms with Crippen LogP contribution in [0.2, 0.25) is 0 Å². The molecule has 2 aromatic rings. The normalized spacial score (nSPS) is 12.6. The Balaban J connectivity index is 2.32. The van der Waals surface area contributed by atoms with Crippen molar-refractivity contribution in [2.75, 3.05) is 0 Å². The minimum Gasteiger partial charge on any atom is -0.508 e. The van der Waals surface area contributed by atoms with Crippen molar-refractivity contribution >= 4 is 36.7 Å². The van der Waals surface area contributed by atoms with E-state index in [1.807, 2.05) is 0 Å². The Morgan fingerprint density at radius 3 is 1.53 bits per heavy atom. The van der Waals surface area contributed by atoms with E-state index >= 15 is 0 Å². The standard InChI is InChI=1S/C28H32O8/c1-27(2,26(34)35)11-5-7-18-13-22(30)15-20(24(18)32)9-10-21-16-23(31)14-19(25(21)33)8-6-12-28(3,4)36-17-29/h5-10,13-17,30-33H,11-12H2,1-4H3,(H,34,35)/b7-5+,8-6+,10-9-. The summed E-state index contributed by atoms with van der Waals surface area (Å²) in [5.41, 5.74) is -0.570. The van der Waals surface area contributed by atoms with Crippen molar-refractivity contribution < 1.29 is 39.9 Å². The molecule has 2 rings (SSSR count). The van der Waals surface area contributed by atoms with Crippen molar-refractivity contribution in [2.24, 2.45) is 5.41 Å². The molecule has 0 aromatic heterocycles. The van der Waals surface area contributed by atoms with Crippen molar-refractivity contribution in [1.29, 1.82) is 0 Å². The fraction of sp³-hybridized carbons (Fsp3) is 0.286. The monoisotopic (exact) mass is 496 g/mol. The topological polar surface area (TPSA) is 145 Å². The second-order valence-corrected chi connectivity index (χ2v) is 9.65. The number of rotatable bonds is 11. The maximum atomic E-state index is 11.3. The fourth-order valence-electron chi connectivity index (χ4n) is 3.23. The van der Waals surface area contributed by atoms with Crippen LogP contribution in [0.5, 0.6) is 23.0 Å². The molecule has 8 heteroatoms. The second-order valence-electron chi connectivity index (χ2n) is 9.65. The lowest BCUT2D eigenvalue weighted by Crippen LogP contribution is -2.22. The molecule has 36 heavy (non-hydrogen) atoms. The number of allylic oxidation sites excluding steroid dienone is 1. The van der Waals surface area contributed by atoms with Gasteiger partial charge in [0, 0.05) is 28.7 Å². The summed E-state index contributed by atoms with van der Waals surface area (Å²) in [5, 5.41) is 50.8. The molecule has 0 radical (unpaired) electrons. The third-order valence-corrected chi connectivity index (χ3v) is 5.53. The van der Waals surface area contributed by atoms with E-state index in [4.69, 9.17) is 4.74 Å². The molecule has 0 atom stereocenters. The van der Waals surface area contributed by atoms with E-state index in [0.29, 0.717) is 24.0 Å². The minimum atomic E-state index is -0.984. The van der Waals surface area contributed by atoms with Crippen LogP contribution in [0.1, 0.15) is 62.8 Å². The molecular formula is C28H32O8. The average Bonchev–Trinajstić information content (AvgIpc) is 2.77. The lowest BCUT2D eigenvalue weighted by atomic mass is 9.89. The molecule has 0 amide bonds. The van der Waals surface area contributed by atoms with Gasteiger partial charge in [0.1, 0.15) is 28.6 Å². The summed E-state index contributed by atoms with van der Waals surface area (Å²) in [5.74, 6) is -1.43. The van der Waals surface area contributed by atoms with Crippen LogP contribution in [0.4, 0.5) is 0 Å². The SMILES string of the molecule is CC(C)(C/C=C/c1cc(O)cc(/C=C\c2cc(O)cc(/C=C/CC(C)(C)C(=O)O)c2O)c1O)OC=O. The molecule has 0 aliphatic heterocycles. The van der Waals surface area contributed by atoms with E-state index in [1.54, 1.807) is 45.9 Å². The Morgan fingerprint density at radius 1 is 0.750 bits per heavy atom. The molecular weight excluding hydrogens is 464 g/mol. The van der Waals surface area contributed by atoms with E-state index in [2.05, 4.69) is 0 Å². The van der Waals surface area contributed by atoms with Crippen molar-refractivity contribution in [3.63, 3.8) is 0 Å². The van der Waals surface area contributed by atoms with Gasteiger partial charge < -0.3 is 30.3 Å². The van der Waals surface area contributed by atoms with E-state index in [-0.39, 0.29) is 40.5 Å². The van der Waals surface area contributed by atoms with Gasteiger partial charge in [-0.25, -0.2) is 0 Å². The molecule has 0 spiro atoms. The van der Waals surface area contributed by atoms with Crippen LogP contribution in [0.25, 0.3) is 24.3 Å². The van der Waals surface area contributed by atoms with E-state index in [1.165, 1.54) is 42.5 Å². The molecule has 0 aliphatic carbocycles. The zero-order valence-corrected chi connectivity index (χ0v) is 20.7. The van der Waals surface area contributed by atoms with Gasteiger partial charge in [0.2, 0.25) is 0 Å². The van der Waals surface area contributed by atoms with Gasteiger partial charge in [0.25, 0.3) is 6.47 Å². The van der Waals surface area contributed by atoms with Crippen LogP contribution in [0.15, 0.2) is 36.4 Å². The number of ether oxygens (including phenoxy) is 1. The predicted octanol–water partition coefficient (Wildman–Crippen LogP) is 5.55. The van der Waals surface area contributed by atoms with E-state index in [0.717, 1.165) is 0 Å². The number of carboxylic acids is 1. The number of aliphatic carboxylic acids is 1. The first-order valence-electron chi connectivity index (χ1n) is 11.2. The van der Waals surface area contributed by atoms with Crippen molar-refractivity contribution in [3.05, 3.63) is 58.7 Å². The highest BCUT2D eigenvalue weighted by Gasteiger charge is 2.25. The van der Waals surface area contributed by atoms with Crippen molar-refractivity contribution in [1.82, 2.24) is 0 Å². The highest BCUT2D eigenvalue weighted by atomic mass is 16.5. The number of hydrogen-bond acceptors (Lipinski definition) is 7. The van der Waals surface area contributed by atoms with E-state index < -0.39 is 17.0 Å². The third kappa shape index (κ3) is 7.66. The highest BCUT2D eigenvalue weighted by Crippen LogP contribution is 2.34. The molecule has 8 nitrogen and oxygen atoms in total. The Bertz CT molecular complexity index is 1200. The lowest BCUT2D eigenvalue weighted by molar-refractivity contribution is -0.146. The number of carboxylic acid groups (broad SMARTS) is 1. The summed E-state index contributed by atoms with van der Waals surface area (Å²) >= 11 is 0. The second kappa shape index (κ2) is 11.5. The first-order chi connectivity index (χ1) is 16.8.